The molecule has 0 aliphatic heterocycles. The summed E-state index contributed by atoms with van der Waals surface area (Å²) in [5, 5.41) is 4.20. The van der Waals surface area contributed by atoms with Gasteiger partial charge in [0.25, 0.3) is 0 Å². The second kappa shape index (κ2) is 6.24. The number of hydrogen-bond donors (Lipinski definition) is 2. The fourth-order valence-corrected chi connectivity index (χ4v) is 2.67. The Morgan fingerprint density at radius 3 is 2.67 bits per heavy atom. The van der Waals surface area contributed by atoms with Crippen molar-refractivity contribution in [2.75, 3.05) is 11.1 Å². The van der Waals surface area contributed by atoms with Crippen LogP contribution in [0.2, 0.25) is 0 Å². The first kappa shape index (κ1) is 16.4. The minimum absolute atomic E-state index is 0.175. The van der Waals surface area contributed by atoms with Gasteiger partial charge in [-0.1, -0.05) is 22.0 Å². The number of benzene rings is 1. The van der Waals surface area contributed by atoms with E-state index in [0.29, 0.717) is 23.1 Å². The number of rotatable bonds is 3. The molecule has 24 heavy (non-hydrogen) atoms. The van der Waals surface area contributed by atoms with Crippen LogP contribution in [0.25, 0.3) is 10.9 Å². The number of pyridine rings is 1. The van der Waals surface area contributed by atoms with Crippen LogP contribution in [-0.4, -0.2) is 20.5 Å². The van der Waals surface area contributed by atoms with E-state index >= 15 is 0 Å². The van der Waals surface area contributed by atoms with Gasteiger partial charge in [-0.3, -0.25) is 4.98 Å². The van der Waals surface area contributed by atoms with Gasteiger partial charge in [0, 0.05) is 21.6 Å². The topological polar surface area (TPSA) is 86.0 Å². The Hall–Kier alpha value is -2.41. The molecule has 0 radical (unpaired) electrons. The highest BCUT2D eigenvalue weighted by Crippen LogP contribution is 2.35. The molecule has 3 N–H and O–H groups in total. The lowest BCUT2D eigenvalue weighted by molar-refractivity contribution is 0.468. The molecule has 0 saturated heterocycles. The average molecular weight is 388 g/mol. The van der Waals surface area contributed by atoms with E-state index in [4.69, 9.17) is 10.5 Å². The second-order valence-electron chi connectivity index (χ2n) is 6.36. The zero-order valence-electron chi connectivity index (χ0n) is 13.7. The van der Waals surface area contributed by atoms with Gasteiger partial charge < -0.3 is 15.8 Å². The average Bonchev–Trinajstić information content (AvgIpc) is 2.53. The highest BCUT2D eigenvalue weighted by atomic mass is 79.9. The van der Waals surface area contributed by atoms with Crippen molar-refractivity contribution in [3.8, 4) is 11.6 Å². The Balaban J connectivity index is 2.01. The van der Waals surface area contributed by atoms with Crippen molar-refractivity contribution in [1.29, 1.82) is 0 Å². The van der Waals surface area contributed by atoms with E-state index in [1.54, 1.807) is 6.20 Å². The molecule has 3 rings (SSSR count). The third-order valence-electron chi connectivity index (χ3n) is 3.23. The van der Waals surface area contributed by atoms with E-state index in [-0.39, 0.29) is 5.54 Å². The zero-order valence-corrected chi connectivity index (χ0v) is 15.3. The lowest BCUT2D eigenvalue weighted by Gasteiger charge is -2.22. The molecule has 0 saturated carbocycles. The van der Waals surface area contributed by atoms with Gasteiger partial charge in [-0.05, 0) is 39.0 Å². The van der Waals surface area contributed by atoms with E-state index in [2.05, 4.69) is 36.2 Å². The standard InChI is InChI=1S/C17H18BrN5O/c1-17(2,3)23-15-13(19)16(22-9-21-15)24-12-7-6-11(18)10-5-4-8-20-14(10)12/h4-9H,19H2,1-3H3,(H,21,22,23). The molecule has 0 amide bonds. The molecule has 124 valence electrons. The van der Waals surface area contributed by atoms with E-state index < -0.39 is 0 Å². The number of halogens is 1. The first-order valence-electron chi connectivity index (χ1n) is 7.45. The summed E-state index contributed by atoms with van der Waals surface area (Å²) in [5.41, 5.74) is 7.09. The highest BCUT2D eigenvalue weighted by molar-refractivity contribution is 9.10. The summed E-state index contributed by atoms with van der Waals surface area (Å²) < 4.78 is 6.88. The Morgan fingerprint density at radius 2 is 1.92 bits per heavy atom. The molecule has 0 unspecified atom stereocenters. The lowest BCUT2D eigenvalue weighted by atomic mass is 10.1. The predicted molar refractivity (Wildman–Crippen MR) is 99.3 cm³/mol. The molecule has 0 spiro atoms. The van der Waals surface area contributed by atoms with Crippen molar-refractivity contribution < 1.29 is 4.74 Å². The van der Waals surface area contributed by atoms with Gasteiger partial charge in [0.05, 0.1) is 0 Å². The summed E-state index contributed by atoms with van der Waals surface area (Å²) in [6, 6.07) is 7.58. The molecule has 0 bridgehead atoms. The van der Waals surface area contributed by atoms with Crippen LogP contribution in [0.15, 0.2) is 41.3 Å². The summed E-state index contributed by atoms with van der Waals surface area (Å²) in [6.45, 7) is 6.09. The summed E-state index contributed by atoms with van der Waals surface area (Å²) in [5.74, 6) is 1.42. The molecule has 0 aliphatic rings. The minimum Gasteiger partial charge on any atom is -0.435 e. The number of nitrogens with one attached hydrogen (secondary N) is 1. The van der Waals surface area contributed by atoms with Crippen molar-refractivity contribution in [3.05, 3.63) is 41.3 Å². The van der Waals surface area contributed by atoms with Crippen LogP contribution in [-0.2, 0) is 0 Å². The third-order valence-corrected chi connectivity index (χ3v) is 3.92. The Labute approximate surface area is 148 Å². The molecule has 6 nitrogen and oxygen atoms in total. The van der Waals surface area contributed by atoms with Crippen molar-refractivity contribution in [2.45, 2.75) is 26.3 Å². The SMILES string of the molecule is CC(C)(C)Nc1ncnc(Oc2ccc(Br)c3cccnc23)c1N. The predicted octanol–water partition coefficient (Wildman–Crippen LogP) is 4.37. The van der Waals surface area contributed by atoms with Crippen molar-refractivity contribution in [3.63, 3.8) is 0 Å². The summed E-state index contributed by atoms with van der Waals surface area (Å²) in [7, 11) is 0. The smallest absolute Gasteiger partial charge is 0.248 e. The fraction of sp³-hybridized carbons (Fsp3) is 0.235. The van der Waals surface area contributed by atoms with Gasteiger partial charge in [0.2, 0.25) is 5.88 Å². The van der Waals surface area contributed by atoms with Crippen LogP contribution in [0, 0.1) is 0 Å². The molecule has 0 atom stereocenters. The number of hydrogen-bond acceptors (Lipinski definition) is 6. The Kier molecular flexibility index (Phi) is 4.28. The summed E-state index contributed by atoms with van der Waals surface area (Å²) >= 11 is 3.52. The van der Waals surface area contributed by atoms with Gasteiger partial charge in [0.1, 0.15) is 17.5 Å². The molecule has 0 fully saturated rings. The summed E-state index contributed by atoms with van der Waals surface area (Å²) in [6.07, 6.45) is 3.14. The van der Waals surface area contributed by atoms with Crippen LogP contribution in [0.4, 0.5) is 11.5 Å². The zero-order chi connectivity index (χ0) is 17.3. The summed E-state index contributed by atoms with van der Waals surface area (Å²) in [4.78, 5) is 12.7. The lowest BCUT2D eigenvalue weighted by Crippen LogP contribution is -2.27. The number of nitrogen functional groups attached to an aromatic ring is 1. The van der Waals surface area contributed by atoms with Crippen molar-refractivity contribution >= 4 is 38.3 Å². The van der Waals surface area contributed by atoms with Crippen LogP contribution >= 0.6 is 15.9 Å². The number of anilines is 2. The number of nitrogens with zero attached hydrogens (tertiary/aromatic N) is 3. The first-order valence-corrected chi connectivity index (χ1v) is 8.24. The maximum absolute atomic E-state index is 6.17. The second-order valence-corrected chi connectivity index (χ2v) is 7.22. The van der Waals surface area contributed by atoms with E-state index in [0.717, 1.165) is 15.4 Å². The fourth-order valence-electron chi connectivity index (χ4n) is 2.21. The molecule has 3 aromatic rings. The quantitative estimate of drug-likeness (QED) is 0.693. The number of nitrogens with two attached hydrogens (primary N) is 1. The Morgan fingerprint density at radius 1 is 1.12 bits per heavy atom. The van der Waals surface area contributed by atoms with E-state index in [1.165, 1.54) is 6.33 Å². The molecular weight excluding hydrogens is 370 g/mol. The van der Waals surface area contributed by atoms with Crippen LogP contribution < -0.4 is 15.8 Å². The molecule has 2 aromatic heterocycles. The normalized spacial score (nSPS) is 11.5. The number of aromatic nitrogens is 3. The van der Waals surface area contributed by atoms with Crippen molar-refractivity contribution in [1.82, 2.24) is 15.0 Å². The third kappa shape index (κ3) is 3.41. The molecule has 2 heterocycles. The van der Waals surface area contributed by atoms with Crippen molar-refractivity contribution in [2.24, 2.45) is 0 Å². The maximum Gasteiger partial charge on any atom is 0.248 e. The molecule has 7 heteroatoms. The van der Waals surface area contributed by atoms with Gasteiger partial charge in [-0.15, -0.1) is 0 Å². The van der Waals surface area contributed by atoms with Crippen LogP contribution in [0.5, 0.6) is 11.6 Å². The molecular formula is C17H18BrN5O. The van der Waals surface area contributed by atoms with E-state index in [1.807, 2.05) is 45.0 Å². The van der Waals surface area contributed by atoms with E-state index in [9.17, 15) is 0 Å². The Bertz CT molecular complexity index is 892. The van der Waals surface area contributed by atoms with Gasteiger partial charge in [-0.2, -0.15) is 4.98 Å². The van der Waals surface area contributed by atoms with Crippen LogP contribution in [0.1, 0.15) is 20.8 Å². The highest BCUT2D eigenvalue weighted by Gasteiger charge is 2.17. The first-order chi connectivity index (χ1) is 11.3. The monoisotopic (exact) mass is 387 g/mol. The number of ether oxygens (including phenoxy) is 1. The van der Waals surface area contributed by atoms with Crippen LogP contribution in [0.3, 0.4) is 0 Å². The van der Waals surface area contributed by atoms with Gasteiger partial charge in [0.15, 0.2) is 11.6 Å². The maximum atomic E-state index is 6.17. The minimum atomic E-state index is -0.175. The van der Waals surface area contributed by atoms with Gasteiger partial charge >= 0.3 is 0 Å². The molecule has 0 aliphatic carbocycles. The number of fused-ring (bicyclic) bond motifs is 1. The molecule has 1 aromatic carbocycles. The van der Waals surface area contributed by atoms with Gasteiger partial charge in [-0.25, -0.2) is 4.98 Å². The largest absolute Gasteiger partial charge is 0.435 e.